The highest BCUT2D eigenvalue weighted by atomic mass is 19.1. The molecule has 3 aliphatic rings. The highest BCUT2D eigenvalue weighted by Gasteiger charge is 2.48. The number of carbonyl (C=O) groups excluding carboxylic acids is 1. The van der Waals surface area contributed by atoms with Gasteiger partial charge in [0.1, 0.15) is 11.6 Å². The van der Waals surface area contributed by atoms with E-state index in [9.17, 15) is 13.6 Å². The lowest BCUT2D eigenvalue weighted by Crippen LogP contribution is -2.42. The Bertz CT molecular complexity index is 616. The summed E-state index contributed by atoms with van der Waals surface area (Å²) in [5, 5.41) is 0. The topological polar surface area (TPSA) is 29.5 Å². The fourth-order valence-corrected chi connectivity index (χ4v) is 4.40. The van der Waals surface area contributed by atoms with E-state index in [0.717, 1.165) is 25.7 Å². The smallest absolute Gasteiger partial charge is 0.226 e. The van der Waals surface area contributed by atoms with Gasteiger partial charge < -0.3 is 9.64 Å². The Morgan fingerprint density at radius 3 is 2.24 bits per heavy atom. The predicted molar refractivity (Wildman–Crippen MR) is 90.1 cm³/mol. The summed E-state index contributed by atoms with van der Waals surface area (Å²) >= 11 is 0. The van der Waals surface area contributed by atoms with Gasteiger partial charge in [-0.25, -0.2) is 8.78 Å². The van der Waals surface area contributed by atoms with E-state index in [4.69, 9.17) is 4.74 Å². The van der Waals surface area contributed by atoms with Gasteiger partial charge in [0.15, 0.2) is 0 Å². The summed E-state index contributed by atoms with van der Waals surface area (Å²) in [6, 6.07) is 3.90. The van der Waals surface area contributed by atoms with Crippen molar-refractivity contribution in [2.45, 2.75) is 63.1 Å². The van der Waals surface area contributed by atoms with E-state index >= 15 is 0 Å². The number of carbonyl (C=O) groups is 1. The number of hydrogen-bond acceptors (Lipinski definition) is 2. The van der Waals surface area contributed by atoms with Crippen LogP contribution >= 0.6 is 0 Å². The quantitative estimate of drug-likeness (QED) is 0.822. The lowest BCUT2D eigenvalue weighted by molar-refractivity contribution is -0.136. The molecule has 1 heterocycles. The number of rotatable bonds is 4. The maximum Gasteiger partial charge on any atom is 0.226 e. The molecule has 1 aliphatic heterocycles. The number of ether oxygens (including phenoxy) is 1. The van der Waals surface area contributed by atoms with Crippen molar-refractivity contribution in [2.75, 3.05) is 13.1 Å². The third-order valence-electron chi connectivity index (χ3n) is 5.92. The number of piperidine rings is 1. The van der Waals surface area contributed by atoms with E-state index in [-0.39, 0.29) is 29.4 Å². The van der Waals surface area contributed by atoms with Gasteiger partial charge in [0, 0.05) is 30.5 Å². The molecule has 2 atom stereocenters. The van der Waals surface area contributed by atoms with Crippen LogP contribution in [0, 0.1) is 17.6 Å². The Morgan fingerprint density at radius 2 is 1.60 bits per heavy atom. The molecule has 2 aliphatic carbocycles. The van der Waals surface area contributed by atoms with E-state index in [0.29, 0.717) is 25.6 Å². The van der Waals surface area contributed by atoms with Crippen LogP contribution in [0.15, 0.2) is 18.2 Å². The van der Waals surface area contributed by atoms with Crippen molar-refractivity contribution in [3.8, 4) is 0 Å². The van der Waals surface area contributed by atoms with E-state index in [1.807, 2.05) is 4.90 Å². The zero-order valence-corrected chi connectivity index (χ0v) is 14.4. The van der Waals surface area contributed by atoms with Gasteiger partial charge in [0.2, 0.25) is 5.91 Å². The predicted octanol–water partition coefficient (Wildman–Crippen LogP) is 4.02. The first-order valence-corrected chi connectivity index (χ1v) is 9.51. The van der Waals surface area contributed by atoms with Gasteiger partial charge in [-0.2, -0.15) is 0 Å². The van der Waals surface area contributed by atoms with Crippen LogP contribution in [0.5, 0.6) is 0 Å². The number of benzene rings is 1. The molecule has 3 nitrogen and oxygen atoms in total. The zero-order valence-electron chi connectivity index (χ0n) is 14.4. The van der Waals surface area contributed by atoms with Gasteiger partial charge in [0.25, 0.3) is 0 Å². The van der Waals surface area contributed by atoms with Crippen molar-refractivity contribution in [3.05, 3.63) is 35.4 Å². The summed E-state index contributed by atoms with van der Waals surface area (Å²) < 4.78 is 33.9. The van der Waals surface area contributed by atoms with Crippen LogP contribution in [0.1, 0.15) is 56.4 Å². The highest BCUT2D eigenvalue weighted by molar-refractivity contribution is 5.83. The standard InChI is InChI=1S/C20H25F2NO2/c21-17-6-3-7-18(22)19(17)15-12-16(15)20(24)23-10-8-14(9-11-23)25-13-4-1-2-5-13/h3,6-7,13-16H,1-2,4-5,8-12H2/t15-,16+/m0/s1. The Labute approximate surface area is 147 Å². The van der Waals surface area contributed by atoms with Gasteiger partial charge in [0.05, 0.1) is 12.2 Å². The van der Waals surface area contributed by atoms with Crippen molar-refractivity contribution >= 4 is 5.91 Å². The molecule has 0 spiro atoms. The number of halogens is 2. The van der Waals surface area contributed by atoms with Crippen molar-refractivity contribution < 1.29 is 18.3 Å². The zero-order chi connectivity index (χ0) is 17.4. The molecule has 1 amide bonds. The third-order valence-corrected chi connectivity index (χ3v) is 5.92. The molecule has 1 aromatic carbocycles. The summed E-state index contributed by atoms with van der Waals surface area (Å²) in [7, 11) is 0. The second-order valence-electron chi connectivity index (χ2n) is 7.65. The second-order valence-corrected chi connectivity index (χ2v) is 7.65. The molecule has 3 fully saturated rings. The molecular formula is C20H25F2NO2. The minimum atomic E-state index is -0.538. The van der Waals surface area contributed by atoms with E-state index in [1.165, 1.54) is 31.0 Å². The molecule has 0 radical (unpaired) electrons. The SMILES string of the molecule is O=C([C@@H]1C[C@@H]1c1c(F)cccc1F)N1CCC(OC2CCCC2)CC1. The van der Waals surface area contributed by atoms with Crippen LogP contribution in [0.25, 0.3) is 0 Å². The minimum absolute atomic E-state index is 0.0481. The molecule has 136 valence electrons. The van der Waals surface area contributed by atoms with Gasteiger partial charge >= 0.3 is 0 Å². The monoisotopic (exact) mass is 349 g/mol. The van der Waals surface area contributed by atoms with Crippen molar-refractivity contribution in [1.29, 1.82) is 0 Å². The number of likely N-dealkylation sites (tertiary alicyclic amines) is 1. The molecule has 0 aromatic heterocycles. The molecule has 4 rings (SSSR count). The molecule has 2 saturated carbocycles. The number of amides is 1. The Balaban J connectivity index is 1.30. The molecule has 0 bridgehead atoms. The summed E-state index contributed by atoms with van der Waals surface area (Å²) in [6.45, 7) is 1.39. The molecule has 1 saturated heterocycles. The summed E-state index contributed by atoms with van der Waals surface area (Å²) in [5.74, 6) is -1.60. The Morgan fingerprint density at radius 1 is 1.00 bits per heavy atom. The molecule has 1 aromatic rings. The highest BCUT2D eigenvalue weighted by Crippen LogP contribution is 2.50. The van der Waals surface area contributed by atoms with Crippen molar-refractivity contribution in [2.24, 2.45) is 5.92 Å². The molecular weight excluding hydrogens is 324 g/mol. The maximum atomic E-state index is 13.9. The average Bonchev–Trinajstić information content (AvgIpc) is 3.21. The van der Waals surface area contributed by atoms with Gasteiger partial charge in [-0.1, -0.05) is 18.9 Å². The van der Waals surface area contributed by atoms with Crippen LogP contribution in [-0.2, 0) is 9.53 Å². The van der Waals surface area contributed by atoms with Gasteiger partial charge in [-0.3, -0.25) is 4.79 Å². The first kappa shape index (κ1) is 17.0. The van der Waals surface area contributed by atoms with Crippen LogP contribution in [-0.4, -0.2) is 36.1 Å². The first-order valence-electron chi connectivity index (χ1n) is 9.51. The molecule has 5 heteroatoms. The van der Waals surface area contributed by atoms with Crippen LogP contribution < -0.4 is 0 Å². The fraction of sp³-hybridized carbons (Fsp3) is 0.650. The molecule has 25 heavy (non-hydrogen) atoms. The van der Waals surface area contributed by atoms with E-state index < -0.39 is 11.6 Å². The van der Waals surface area contributed by atoms with E-state index in [2.05, 4.69) is 0 Å². The number of hydrogen-bond donors (Lipinski definition) is 0. The minimum Gasteiger partial charge on any atom is -0.375 e. The summed E-state index contributed by atoms with van der Waals surface area (Å²) in [4.78, 5) is 14.5. The lowest BCUT2D eigenvalue weighted by Gasteiger charge is -2.33. The molecule has 0 unspecified atom stereocenters. The Kier molecular flexibility index (Phi) is 4.76. The van der Waals surface area contributed by atoms with Gasteiger partial charge in [-0.05, 0) is 44.2 Å². The van der Waals surface area contributed by atoms with Crippen LogP contribution in [0.2, 0.25) is 0 Å². The summed E-state index contributed by atoms with van der Waals surface area (Å²) in [5.41, 5.74) is 0.0836. The van der Waals surface area contributed by atoms with Crippen molar-refractivity contribution in [1.82, 2.24) is 4.90 Å². The summed E-state index contributed by atoms with van der Waals surface area (Å²) in [6.07, 6.45) is 7.80. The normalized spacial score (nSPS) is 27.7. The molecule has 0 N–H and O–H groups in total. The van der Waals surface area contributed by atoms with Crippen LogP contribution in [0.4, 0.5) is 8.78 Å². The fourth-order valence-electron chi connectivity index (χ4n) is 4.40. The Hall–Kier alpha value is -1.49. The average molecular weight is 349 g/mol. The third kappa shape index (κ3) is 3.57. The van der Waals surface area contributed by atoms with Gasteiger partial charge in [-0.15, -0.1) is 0 Å². The van der Waals surface area contributed by atoms with Crippen molar-refractivity contribution in [3.63, 3.8) is 0 Å². The first-order chi connectivity index (χ1) is 12.1. The van der Waals surface area contributed by atoms with E-state index in [1.54, 1.807) is 0 Å². The number of nitrogens with zero attached hydrogens (tertiary/aromatic N) is 1. The second kappa shape index (κ2) is 7.02. The largest absolute Gasteiger partial charge is 0.375 e. The van der Waals surface area contributed by atoms with Crippen LogP contribution in [0.3, 0.4) is 0 Å². The lowest BCUT2D eigenvalue weighted by atomic mass is 10.0. The maximum absolute atomic E-state index is 13.9.